The van der Waals surface area contributed by atoms with Crippen molar-refractivity contribution in [2.45, 2.75) is 36.8 Å². The Labute approximate surface area is 170 Å². The van der Waals surface area contributed by atoms with Crippen LogP contribution in [0.2, 0.25) is 0 Å². The van der Waals surface area contributed by atoms with Gasteiger partial charge in [-0.3, -0.25) is 4.79 Å². The van der Waals surface area contributed by atoms with E-state index in [-0.39, 0.29) is 11.9 Å². The van der Waals surface area contributed by atoms with Crippen LogP contribution < -0.4 is 5.32 Å². The second-order valence-electron chi connectivity index (χ2n) is 7.21. The van der Waals surface area contributed by atoms with Gasteiger partial charge in [0.2, 0.25) is 0 Å². The minimum atomic E-state index is -0.0742. The maximum atomic E-state index is 13.0. The van der Waals surface area contributed by atoms with E-state index in [4.69, 9.17) is 4.74 Å². The van der Waals surface area contributed by atoms with Gasteiger partial charge in [0.05, 0.1) is 17.7 Å². The molecule has 0 spiro atoms. The van der Waals surface area contributed by atoms with Crippen molar-refractivity contribution in [2.24, 2.45) is 0 Å². The number of rotatable bonds is 6. The molecular weight excluding hydrogens is 366 g/mol. The van der Waals surface area contributed by atoms with Crippen molar-refractivity contribution in [2.75, 3.05) is 12.4 Å². The zero-order chi connectivity index (χ0) is 19.3. The topological polar surface area (TPSA) is 38.3 Å². The van der Waals surface area contributed by atoms with Gasteiger partial charge in [-0.1, -0.05) is 54.6 Å². The summed E-state index contributed by atoms with van der Waals surface area (Å²) in [5, 5.41) is 5.56. The van der Waals surface area contributed by atoms with Crippen molar-refractivity contribution in [3.05, 3.63) is 77.9 Å². The third-order valence-electron chi connectivity index (χ3n) is 5.22. The number of amides is 1. The van der Waals surface area contributed by atoms with Gasteiger partial charge < -0.3 is 10.1 Å². The molecule has 2 unspecified atom stereocenters. The number of carbonyl (C=O) groups excluding carboxylic acids is 1. The molecule has 3 aromatic carbocycles. The van der Waals surface area contributed by atoms with E-state index in [0.717, 1.165) is 41.2 Å². The summed E-state index contributed by atoms with van der Waals surface area (Å²) < 4.78 is 5.72. The lowest BCUT2D eigenvalue weighted by Crippen LogP contribution is -2.27. The van der Waals surface area contributed by atoms with E-state index < -0.39 is 0 Å². The van der Waals surface area contributed by atoms with Gasteiger partial charge >= 0.3 is 0 Å². The first-order valence-electron chi connectivity index (χ1n) is 9.84. The Bertz CT molecular complexity index is 960. The maximum Gasteiger partial charge on any atom is 0.252 e. The van der Waals surface area contributed by atoms with E-state index >= 15 is 0 Å². The van der Waals surface area contributed by atoms with Crippen LogP contribution in [0.1, 0.15) is 41.7 Å². The number of carbonyl (C=O) groups is 1. The summed E-state index contributed by atoms with van der Waals surface area (Å²) in [5.41, 5.74) is 1.87. The van der Waals surface area contributed by atoms with Gasteiger partial charge in [0.1, 0.15) is 0 Å². The summed E-state index contributed by atoms with van der Waals surface area (Å²) in [6.07, 6.45) is 2.55. The van der Waals surface area contributed by atoms with Gasteiger partial charge in [0.15, 0.2) is 0 Å². The van der Waals surface area contributed by atoms with E-state index in [2.05, 4.69) is 29.6 Å². The van der Waals surface area contributed by atoms with Crippen LogP contribution in [0.4, 0.5) is 0 Å². The van der Waals surface area contributed by atoms with Gasteiger partial charge in [0, 0.05) is 17.3 Å². The average molecular weight is 392 g/mol. The quantitative estimate of drug-likeness (QED) is 0.556. The molecule has 1 amide bonds. The molecule has 0 aliphatic carbocycles. The summed E-state index contributed by atoms with van der Waals surface area (Å²) in [6.45, 7) is 2.90. The highest BCUT2D eigenvalue weighted by Crippen LogP contribution is 2.28. The maximum absolute atomic E-state index is 13.0. The second-order valence-corrected chi connectivity index (χ2v) is 8.27. The van der Waals surface area contributed by atoms with E-state index in [1.165, 1.54) is 10.8 Å². The predicted molar refractivity (Wildman–Crippen MR) is 116 cm³/mol. The first-order valence-corrected chi connectivity index (χ1v) is 10.8. The van der Waals surface area contributed by atoms with Crippen LogP contribution in [0.3, 0.4) is 0 Å². The highest BCUT2D eigenvalue weighted by molar-refractivity contribution is 7.99. The van der Waals surface area contributed by atoms with Crippen LogP contribution in [-0.4, -0.2) is 24.4 Å². The highest BCUT2D eigenvalue weighted by Gasteiger charge is 2.19. The first-order chi connectivity index (χ1) is 13.7. The van der Waals surface area contributed by atoms with Crippen LogP contribution >= 0.6 is 11.8 Å². The fraction of sp³-hybridized carbons (Fsp3) is 0.292. The molecule has 4 heteroatoms. The van der Waals surface area contributed by atoms with E-state index in [1.807, 2.05) is 49.4 Å². The molecule has 0 bridgehead atoms. The molecule has 1 aliphatic heterocycles. The van der Waals surface area contributed by atoms with Crippen molar-refractivity contribution in [3.63, 3.8) is 0 Å². The predicted octanol–water partition coefficient (Wildman–Crippen LogP) is 5.60. The fourth-order valence-electron chi connectivity index (χ4n) is 3.72. The number of benzene rings is 3. The number of fused-ring (bicyclic) bond motifs is 1. The number of hydrogen-bond acceptors (Lipinski definition) is 3. The molecule has 1 aliphatic rings. The molecule has 0 aromatic heterocycles. The third kappa shape index (κ3) is 4.23. The summed E-state index contributed by atoms with van der Waals surface area (Å²) in [6, 6.07) is 22.3. The van der Waals surface area contributed by atoms with Crippen LogP contribution in [0, 0.1) is 0 Å². The van der Waals surface area contributed by atoms with Gasteiger partial charge in [-0.05, 0) is 48.2 Å². The van der Waals surface area contributed by atoms with Crippen LogP contribution in [0.5, 0.6) is 0 Å². The summed E-state index contributed by atoms with van der Waals surface area (Å²) in [4.78, 5) is 14.0. The normalized spacial score (nSPS) is 17.5. The Kier molecular flexibility index (Phi) is 5.98. The van der Waals surface area contributed by atoms with Crippen molar-refractivity contribution in [1.82, 2.24) is 5.32 Å². The summed E-state index contributed by atoms with van der Waals surface area (Å²) in [7, 11) is 0. The van der Waals surface area contributed by atoms with Crippen molar-refractivity contribution in [3.8, 4) is 0 Å². The molecular formula is C24H25NO2S. The SMILES string of the molecule is CC(NC(=O)c1ccccc1SCC1CCCO1)c1cccc2ccccc12. The molecule has 3 aromatic rings. The highest BCUT2D eigenvalue weighted by atomic mass is 32.2. The molecule has 144 valence electrons. The average Bonchev–Trinajstić information content (AvgIpc) is 3.25. The Morgan fingerprint density at radius 3 is 2.75 bits per heavy atom. The largest absolute Gasteiger partial charge is 0.377 e. The van der Waals surface area contributed by atoms with E-state index in [0.29, 0.717) is 6.10 Å². The molecule has 4 rings (SSSR count). The molecule has 28 heavy (non-hydrogen) atoms. The van der Waals surface area contributed by atoms with Crippen molar-refractivity contribution in [1.29, 1.82) is 0 Å². The monoisotopic (exact) mass is 391 g/mol. The Morgan fingerprint density at radius 1 is 1.11 bits per heavy atom. The van der Waals surface area contributed by atoms with Gasteiger partial charge in [0.25, 0.3) is 5.91 Å². The Balaban J connectivity index is 1.50. The summed E-state index contributed by atoms with van der Waals surface area (Å²) in [5.74, 6) is 0.860. The van der Waals surface area contributed by atoms with Crippen molar-refractivity contribution >= 4 is 28.4 Å². The third-order valence-corrected chi connectivity index (χ3v) is 6.42. The molecule has 3 nitrogen and oxygen atoms in total. The lowest BCUT2D eigenvalue weighted by molar-refractivity contribution is 0.0937. The van der Waals surface area contributed by atoms with Crippen molar-refractivity contribution < 1.29 is 9.53 Å². The number of thioether (sulfide) groups is 1. The minimum Gasteiger partial charge on any atom is -0.377 e. The molecule has 1 N–H and O–H groups in total. The molecule has 2 atom stereocenters. The molecule has 1 heterocycles. The number of hydrogen-bond donors (Lipinski definition) is 1. The van der Waals surface area contributed by atoms with Crippen LogP contribution in [0.25, 0.3) is 10.8 Å². The smallest absolute Gasteiger partial charge is 0.252 e. The van der Waals surface area contributed by atoms with Gasteiger partial charge in [-0.2, -0.15) is 0 Å². The van der Waals surface area contributed by atoms with Crippen LogP contribution in [0.15, 0.2) is 71.6 Å². The van der Waals surface area contributed by atoms with Crippen LogP contribution in [-0.2, 0) is 4.74 Å². The Hall–Kier alpha value is -2.30. The lowest BCUT2D eigenvalue weighted by atomic mass is 9.99. The standard InChI is InChI=1S/C24H25NO2S/c1-17(20-13-6-9-18-8-2-3-11-21(18)20)25-24(26)22-12-4-5-14-23(22)28-16-19-10-7-15-27-19/h2-6,8-9,11-14,17,19H,7,10,15-16H2,1H3,(H,25,26). The molecule has 0 radical (unpaired) electrons. The fourth-order valence-corrected chi connectivity index (χ4v) is 4.84. The molecule has 1 fully saturated rings. The lowest BCUT2D eigenvalue weighted by Gasteiger charge is -2.18. The minimum absolute atomic E-state index is 0.0316. The van der Waals surface area contributed by atoms with Gasteiger partial charge in [-0.25, -0.2) is 0 Å². The number of nitrogens with one attached hydrogen (secondary N) is 1. The van der Waals surface area contributed by atoms with E-state index in [1.54, 1.807) is 11.8 Å². The van der Waals surface area contributed by atoms with Gasteiger partial charge in [-0.15, -0.1) is 11.8 Å². The molecule has 1 saturated heterocycles. The molecule has 0 saturated carbocycles. The zero-order valence-corrected chi connectivity index (χ0v) is 16.9. The first kappa shape index (κ1) is 19.0. The van der Waals surface area contributed by atoms with E-state index in [9.17, 15) is 4.79 Å². The Morgan fingerprint density at radius 2 is 1.89 bits per heavy atom. The number of ether oxygens (including phenoxy) is 1. The summed E-state index contributed by atoms with van der Waals surface area (Å²) >= 11 is 1.71. The zero-order valence-electron chi connectivity index (χ0n) is 16.1. The second kappa shape index (κ2) is 8.80.